The first-order valence-electron chi connectivity index (χ1n) is 9.94. The Morgan fingerprint density at radius 2 is 1.89 bits per heavy atom. The van der Waals surface area contributed by atoms with Crippen molar-refractivity contribution in [3.63, 3.8) is 0 Å². The van der Waals surface area contributed by atoms with Gasteiger partial charge in [-0.15, -0.1) is 5.10 Å². The van der Waals surface area contributed by atoms with Crippen LogP contribution in [0.3, 0.4) is 0 Å². The third kappa shape index (κ3) is 4.34. The van der Waals surface area contributed by atoms with Gasteiger partial charge in [-0.1, -0.05) is 24.2 Å². The van der Waals surface area contributed by atoms with Crippen LogP contribution < -0.4 is 15.8 Å². The molecule has 2 aromatic rings. The second kappa shape index (κ2) is 8.97. The molecule has 0 radical (unpaired) electrons. The van der Waals surface area contributed by atoms with Crippen LogP contribution in [0.2, 0.25) is 0 Å². The Bertz CT molecular complexity index is 868. The third-order valence-corrected chi connectivity index (χ3v) is 6.20. The lowest BCUT2D eigenvalue weighted by Crippen LogP contribution is -2.42. The Labute approximate surface area is 167 Å². The minimum Gasteiger partial charge on any atom is -0.379 e. The topological polar surface area (TPSA) is 92.1 Å². The number of nitrogens with zero attached hydrogens (tertiary/aromatic N) is 5. The number of carbonyl (C=O) groups excluding carboxylic acids is 1. The van der Waals surface area contributed by atoms with Crippen molar-refractivity contribution in [1.29, 1.82) is 0 Å². The number of fused-ring (bicyclic) bond motifs is 1. The molecule has 0 aromatic carbocycles. The summed E-state index contributed by atoms with van der Waals surface area (Å²) >= 11 is 1.40. The Hall–Kier alpha value is -2.04. The number of rotatable bonds is 5. The Balaban J connectivity index is 1.44. The van der Waals surface area contributed by atoms with Crippen molar-refractivity contribution in [2.24, 2.45) is 0 Å². The minimum atomic E-state index is -0.411. The highest BCUT2D eigenvalue weighted by Crippen LogP contribution is 2.24. The van der Waals surface area contributed by atoms with E-state index in [1.165, 1.54) is 34.9 Å². The maximum Gasteiger partial charge on any atom is 0.288 e. The summed E-state index contributed by atoms with van der Waals surface area (Å²) in [7, 11) is 0. The number of carbonyl (C=O) groups is 1. The van der Waals surface area contributed by atoms with Crippen molar-refractivity contribution in [3.8, 4) is 0 Å². The molecule has 0 bridgehead atoms. The summed E-state index contributed by atoms with van der Waals surface area (Å²) in [5.74, 6) is -0.399. The number of anilines is 1. The second-order valence-electron chi connectivity index (χ2n) is 7.17. The minimum absolute atomic E-state index is 0.0344. The van der Waals surface area contributed by atoms with E-state index in [9.17, 15) is 9.59 Å². The fourth-order valence-corrected chi connectivity index (χ4v) is 4.48. The average Bonchev–Trinajstić information content (AvgIpc) is 2.97. The fourth-order valence-electron chi connectivity index (χ4n) is 3.57. The molecule has 2 aromatic heterocycles. The van der Waals surface area contributed by atoms with Gasteiger partial charge in [-0.3, -0.25) is 14.5 Å². The third-order valence-electron chi connectivity index (χ3n) is 5.21. The number of hydrogen-bond acceptors (Lipinski definition) is 8. The second-order valence-corrected chi connectivity index (χ2v) is 8.10. The summed E-state index contributed by atoms with van der Waals surface area (Å²) in [6.45, 7) is 6.29. The Kier molecular flexibility index (Phi) is 6.18. The molecule has 2 fully saturated rings. The average molecular weight is 407 g/mol. The summed E-state index contributed by atoms with van der Waals surface area (Å²) in [6.07, 6.45) is 6.10. The molecule has 0 saturated carbocycles. The van der Waals surface area contributed by atoms with Crippen LogP contribution in [0.4, 0.5) is 5.13 Å². The molecule has 28 heavy (non-hydrogen) atoms. The predicted octanol–water partition coefficient (Wildman–Crippen LogP) is 0.593. The summed E-state index contributed by atoms with van der Waals surface area (Å²) < 4.78 is 6.58. The van der Waals surface area contributed by atoms with E-state index in [-0.39, 0.29) is 5.56 Å². The van der Waals surface area contributed by atoms with Crippen molar-refractivity contribution in [2.45, 2.75) is 25.7 Å². The summed E-state index contributed by atoms with van der Waals surface area (Å²) in [4.78, 5) is 34.5. The van der Waals surface area contributed by atoms with Crippen LogP contribution in [0, 0.1) is 0 Å². The van der Waals surface area contributed by atoms with Crippen LogP contribution in [-0.4, -0.2) is 77.9 Å². The molecule has 152 valence electrons. The zero-order chi connectivity index (χ0) is 19.3. The zero-order valence-corrected chi connectivity index (χ0v) is 16.7. The van der Waals surface area contributed by atoms with Crippen molar-refractivity contribution >= 4 is 27.3 Å². The number of ether oxygens (including phenoxy) is 1. The zero-order valence-electron chi connectivity index (χ0n) is 15.9. The van der Waals surface area contributed by atoms with E-state index in [1.807, 2.05) is 0 Å². The van der Waals surface area contributed by atoms with Gasteiger partial charge in [0, 0.05) is 45.5 Å². The largest absolute Gasteiger partial charge is 0.379 e. The first-order chi connectivity index (χ1) is 13.7. The molecule has 0 aliphatic carbocycles. The molecule has 1 amide bonds. The Morgan fingerprint density at radius 3 is 2.64 bits per heavy atom. The molecular formula is C18H26N6O3S. The van der Waals surface area contributed by atoms with E-state index >= 15 is 0 Å². The molecule has 0 spiro atoms. The highest BCUT2D eigenvalue weighted by atomic mass is 32.1. The molecule has 1 N–H and O–H groups in total. The van der Waals surface area contributed by atoms with E-state index in [1.54, 1.807) is 0 Å². The van der Waals surface area contributed by atoms with Gasteiger partial charge in [0.2, 0.25) is 10.1 Å². The van der Waals surface area contributed by atoms with Gasteiger partial charge in [0.05, 0.1) is 13.2 Å². The van der Waals surface area contributed by atoms with E-state index < -0.39 is 11.5 Å². The van der Waals surface area contributed by atoms with Gasteiger partial charge in [-0.25, -0.2) is 4.98 Å². The normalized spacial score (nSPS) is 18.9. The summed E-state index contributed by atoms with van der Waals surface area (Å²) in [6, 6.07) is 0. The lowest BCUT2D eigenvalue weighted by atomic mass is 10.2. The van der Waals surface area contributed by atoms with Crippen molar-refractivity contribution in [3.05, 3.63) is 22.1 Å². The highest BCUT2D eigenvalue weighted by molar-refractivity contribution is 7.20. The number of nitrogens with one attached hydrogen (secondary N) is 1. The lowest BCUT2D eigenvalue weighted by Gasteiger charge is -2.26. The standard InChI is InChI=1S/C18H26N6O3S/c25-15(19-5-8-22-9-11-27-12-10-22)14-13-20-17-24(16(14)26)21-18(28-17)23-6-3-1-2-4-7-23/h13H,1-12H2,(H,19,25). The van der Waals surface area contributed by atoms with Gasteiger partial charge in [0.1, 0.15) is 5.56 Å². The highest BCUT2D eigenvalue weighted by Gasteiger charge is 2.19. The van der Waals surface area contributed by atoms with Gasteiger partial charge in [-0.2, -0.15) is 4.52 Å². The summed E-state index contributed by atoms with van der Waals surface area (Å²) in [5, 5.41) is 8.08. The SMILES string of the molecule is O=C(NCCN1CCOCC1)c1cnc2sc(N3CCCCCC3)nn2c1=O. The van der Waals surface area contributed by atoms with E-state index in [0.717, 1.165) is 63.9 Å². The van der Waals surface area contributed by atoms with Crippen LogP contribution in [0.25, 0.3) is 4.96 Å². The molecule has 4 rings (SSSR count). The number of amides is 1. The molecule has 10 heteroatoms. The number of morpholine rings is 1. The predicted molar refractivity (Wildman–Crippen MR) is 107 cm³/mol. The van der Waals surface area contributed by atoms with Gasteiger partial charge in [0.25, 0.3) is 11.5 Å². The van der Waals surface area contributed by atoms with Gasteiger partial charge in [-0.05, 0) is 12.8 Å². The quantitative estimate of drug-likeness (QED) is 0.777. The maximum atomic E-state index is 12.8. The van der Waals surface area contributed by atoms with Crippen molar-refractivity contribution in [1.82, 2.24) is 24.8 Å². The van der Waals surface area contributed by atoms with E-state index in [2.05, 4.69) is 25.2 Å². The molecule has 2 aliphatic rings. The number of aromatic nitrogens is 3. The first kappa shape index (κ1) is 19.3. The van der Waals surface area contributed by atoms with Crippen LogP contribution in [0.15, 0.2) is 11.0 Å². The molecule has 0 atom stereocenters. The van der Waals surface area contributed by atoms with Crippen molar-refractivity contribution in [2.75, 3.05) is 57.4 Å². The Morgan fingerprint density at radius 1 is 1.14 bits per heavy atom. The monoisotopic (exact) mass is 406 g/mol. The molecule has 0 unspecified atom stereocenters. The van der Waals surface area contributed by atoms with Crippen molar-refractivity contribution < 1.29 is 9.53 Å². The molecule has 4 heterocycles. The molecule has 2 aliphatic heterocycles. The first-order valence-corrected chi connectivity index (χ1v) is 10.8. The van der Waals surface area contributed by atoms with Crippen LogP contribution >= 0.6 is 11.3 Å². The van der Waals surface area contributed by atoms with Gasteiger partial charge >= 0.3 is 0 Å². The fraction of sp³-hybridized carbons (Fsp3) is 0.667. The van der Waals surface area contributed by atoms with Crippen LogP contribution in [0.1, 0.15) is 36.0 Å². The van der Waals surface area contributed by atoms with Crippen LogP contribution in [-0.2, 0) is 4.74 Å². The van der Waals surface area contributed by atoms with Gasteiger partial charge in [0.15, 0.2) is 0 Å². The van der Waals surface area contributed by atoms with Gasteiger partial charge < -0.3 is 15.0 Å². The molecular weight excluding hydrogens is 380 g/mol. The van der Waals surface area contributed by atoms with E-state index in [0.29, 0.717) is 11.5 Å². The lowest BCUT2D eigenvalue weighted by molar-refractivity contribution is 0.0383. The van der Waals surface area contributed by atoms with E-state index in [4.69, 9.17) is 4.74 Å². The summed E-state index contributed by atoms with van der Waals surface area (Å²) in [5.41, 5.74) is -0.376. The maximum absolute atomic E-state index is 12.8. The van der Waals surface area contributed by atoms with Crippen LogP contribution in [0.5, 0.6) is 0 Å². The smallest absolute Gasteiger partial charge is 0.288 e. The molecule has 2 saturated heterocycles. The molecule has 9 nitrogen and oxygen atoms in total. The number of hydrogen-bond donors (Lipinski definition) is 1.